The van der Waals surface area contributed by atoms with Gasteiger partial charge in [0.1, 0.15) is 23.0 Å². The Morgan fingerprint density at radius 3 is 2.68 bits per heavy atom. The number of nitrogens with zero attached hydrogens (tertiary/aromatic N) is 5. The van der Waals surface area contributed by atoms with Gasteiger partial charge in [0, 0.05) is 56.0 Å². The molecule has 37 heavy (non-hydrogen) atoms. The summed E-state index contributed by atoms with van der Waals surface area (Å²) in [4.78, 5) is 14.2. The standard InChI is InChI=1S/C29H38ClFN6/c1-18(2)12-22-21(14-24-34-19(3)27-28(32)33-8-9-37(24)27)13-23(30)26(31)25(22)29(6-7-29)16-36-11-10-35(17-36)15-20-4-5-20/h8-9,13,18,20H,4-7,10-12,14-17H2,1-3H3,(H2,32,33). The van der Waals surface area contributed by atoms with Crippen LogP contribution >= 0.6 is 11.6 Å². The van der Waals surface area contributed by atoms with Crippen molar-refractivity contribution in [3.05, 3.63) is 57.5 Å². The zero-order valence-corrected chi connectivity index (χ0v) is 23.0. The Morgan fingerprint density at radius 2 is 1.97 bits per heavy atom. The summed E-state index contributed by atoms with van der Waals surface area (Å²) in [5.41, 5.74) is 10.8. The predicted molar refractivity (Wildman–Crippen MR) is 147 cm³/mol. The minimum atomic E-state index is -0.217. The number of hydrogen-bond acceptors (Lipinski definition) is 5. The van der Waals surface area contributed by atoms with Crippen LogP contribution in [-0.4, -0.2) is 57.0 Å². The van der Waals surface area contributed by atoms with Crippen molar-refractivity contribution in [3.63, 3.8) is 0 Å². The maximum Gasteiger partial charge on any atom is 0.149 e. The highest BCUT2D eigenvalue weighted by Crippen LogP contribution is 2.53. The quantitative estimate of drug-likeness (QED) is 0.416. The summed E-state index contributed by atoms with van der Waals surface area (Å²) >= 11 is 6.63. The first-order chi connectivity index (χ1) is 17.7. The lowest BCUT2D eigenvalue weighted by molar-refractivity contribution is 0.224. The van der Waals surface area contributed by atoms with Gasteiger partial charge < -0.3 is 5.73 Å². The first-order valence-electron chi connectivity index (χ1n) is 13.8. The zero-order valence-electron chi connectivity index (χ0n) is 22.2. The van der Waals surface area contributed by atoms with Crippen LogP contribution in [-0.2, 0) is 18.3 Å². The molecular weight excluding hydrogens is 487 g/mol. The molecule has 3 heterocycles. The van der Waals surface area contributed by atoms with Crippen LogP contribution in [0.25, 0.3) is 5.52 Å². The third-order valence-electron chi connectivity index (χ3n) is 8.47. The number of benzene rings is 1. The Balaban J connectivity index is 1.36. The number of hydrogen-bond donors (Lipinski definition) is 1. The van der Waals surface area contributed by atoms with Gasteiger partial charge in [-0.25, -0.2) is 14.4 Å². The maximum atomic E-state index is 16.0. The van der Waals surface area contributed by atoms with E-state index in [1.807, 2.05) is 23.6 Å². The van der Waals surface area contributed by atoms with Gasteiger partial charge in [0.05, 0.1) is 17.4 Å². The number of halogens is 2. The van der Waals surface area contributed by atoms with Crippen molar-refractivity contribution in [2.45, 2.75) is 64.7 Å². The molecule has 2 saturated carbocycles. The second-order valence-corrected chi connectivity index (χ2v) is 12.5. The van der Waals surface area contributed by atoms with Gasteiger partial charge >= 0.3 is 0 Å². The largest absolute Gasteiger partial charge is 0.382 e. The lowest BCUT2D eigenvalue weighted by Gasteiger charge is -2.28. The number of aromatic nitrogens is 3. The van der Waals surface area contributed by atoms with Crippen LogP contribution in [0.1, 0.15) is 67.7 Å². The van der Waals surface area contributed by atoms with E-state index in [0.29, 0.717) is 18.2 Å². The van der Waals surface area contributed by atoms with Crippen LogP contribution in [0.15, 0.2) is 18.5 Å². The Morgan fingerprint density at radius 1 is 1.22 bits per heavy atom. The molecule has 6 nitrogen and oxygen atoms in total. The number of nitrogen functional groups attached to an aromatic ring is 1. The van der Waals surface area contributed by atoms with Crippen LogP contribution in [0.4, 0.5) is 10.2 Å². The van der Waals surface area contributed by atoms with E-state index >= 15 is 4.39 Å². The highest BCUT2D eigenvalue weighted by molar-refractivity contribution is 6.31. The van der Waals surface area contributed by atoms with E-state index in [4.69, 9.17) is 22.3 Å². The van der Waals surface area contributed by atoms with Crippen molar-refractivity contribution in [1.82, 2.24) is 24.2 Å². The van der Waals surface area contributed by atoms with Crippen molar-refractivity contribution in [2.75, 3.05) is 38.6 Å². The first kappa shape index (κ1) is 25.1. The van der Waals surface area contributed by atoms with E-state index in [0.717, 1.165) is 85.2 Å². The van der Waals surface area contributed by atoms with Gasteiger partial charge in [0.2, 0.25) is 0 Å². The van der Waals surface area contributed by atoms with Gasteiger partial charge in [0.15, 0.2) is 0 Å². The molecule has 0 amide bonds. The van der Waals surface area contributed by atoms with Crippen molar-refractivity contribution >= 4 is 22.9 Å². The normalized spacial score (nSPS) is 19.9. The second kappa shape index (κ2) is 9.51. The average molecular weight is 525 g/mol. The van der Waals surface area contributed by atoms with Gasteiger partial charge in [-0.3, -0.25) is 14.2 Å². The van der Waals surface area contributed by atoms with E-state index in [9.17, 15) is 0 Å². The number of anilines is 1. The van der Waals surface area contributed by atoms with Crippen molar-refractivity contribution in [1.29, 1.82) is 0 Å². The average Bonchev–Trinajstić information content (AvgIpc) is 3.74. The fourth-order valence-electron chi connectivity index (χ4n) is 6.39. The summed E-state index contributed by atoms with van der Waals surface area (Å²) in [7, 11) is 0. The smallest absolute Gasteiger partial charge is 0.149 e. The van der Waals surface area contributed by atoms with Crippen molar-refractivity contribution in [3.8, 4) is 0 Å². The molecule has 3 fully saturated rings. The van der Waals surface area contributed by atoms with Crippen molar-refractivity contribution < 1.29 is 4.39 Å². The van der Waals surface area contributed by atoms with Crippen molar-refractivity contribution in [2.24, 2.45) is 11.8 Å². The van der Waals surface area contributed by atoms with Gasteiger partial charge in [-0.1, -0.05) is 25.4 Å². The molecule has 6 rings (SSSR count). The van der Waals surface area contributed by atoms with E-state index in [2.05, 4.69) is 28.6 Å². The molecule has 1 aliphatic heterocycles. The Labute approximate surface area is 224 Å². The Bertz CT molecular complexity index is 1330. The van der Waals surface area contributed by atoms with Gasteiger partial charge in [-0.15, -0.1) is 0 Å². The summed E-state index contributed by atoms with van der Waals surface area (Å²) in [5.74, 6) is 2.42. The molecule has 198 valence electrons. The second-order valence-electron chi connectivity index (χ2n) is 12.1. The Kier molecular flexibility index (Phi) is 6.45. The minimum absolute atomic E-state index is 0.150. The molecule has 0 unspecified atom stereocenters. The van der Waals surface area contributed by atoms with Gasteiger partial charge in [0.25, 0.3) is 0 Å². The summed E-state index contributed by atoms with van der Waals surface area (Å²) in [5, 5.41) is 0.222. The van der Waals surface area contributed by atoms with Crippen LogP contribution in [0, 0.1) is 24.6 Å². The third kappa shape index (κ3) is 4.86. The Hall–Kier alpha value is -2.22. The molecular formula is C29H38ClFN6. The number of rotatable bonds is 9. The molecule has 0 spiro atoms. The number of imidazole rings is 1. The first-order valence-corrected chi connectivity index (χ1v) is 14.1. The monoisotopic (exact) mass is 524 g/mol. The third-order valence-corrected chi connectivity index (χ3v) is 8.74. The molecule has 3 aliphatic rings. The predicted octanol–water partition coefficient (Wildman–Crippen LogP) is 5.22. The molecule has 2 aliphatic carbocycles. The van der Waals surface area contributed by atoms with E-state index < -0.39 is 0 Å². The fourth-order valence-corrected chi connectivity index (χ4v) is 6.62. The summed E-state index contributed by atoms with van der Waals surface area (Å²) in [6.45, 7) is 11.7. The highest BCUT2D eigenvalue weighted by atomic mass is 35.5. The molecule has 8 heteroatoms. The van der Waals surface area contributed by atoms with E-state index in [1.54, 1.807) is 6.20 Å². The van der Waals surface area contributed by atoms with Crippen LogP contribution < -0.4 is 5.73 Å². The summed E-state index contributed by atoms with van der Waals surface area (Å²) in [6.07, 6.45) is 9.78. The van der Waals surface area contributed by atoms with E-state index in [-0.39, 0.29) is 16.3 Å². The molecule has 2 N–H and O–H groups in total. The highest BCUT2D eigenvalue weighted by Gasteiger charge is 2.50. The van der Waals surface area contributed by atoms with E-state index in [1.165, 1.54) is 19.4 Å². The molecule has 0 radical (unpaired) electrons. The maximum absolute atomic E-state index is 16.0. The van der Waals surface area contributed by atoms with Gasteiger partial charge in [-0.05, 0) is 68.1 Å². The van der Waals surface area contributed by atoms with Gasteiger partial charge in [-0.2, -0.15) is 0 Å². The fraction of sp³-hybridized carbons (Fsp3) is 0.586. The molecule has 1 aromatic carbocycles. The minimum Gasteiger partial charge on any atom is -0.382 e. The summed E-state index contributed by atoms with van der Waals surface area (Å²) < 4.78 is 18.0. The zero-order chi connectivity index (χ0) is 25.9. The molecule has 0 atom stereocenters. The molecule has 1 saturated heterocycles. The summed E-state index contributed by atoms with van der Waals surface area (Å²) in [6, 6.07) is 1.84. The number of nitrogens with two attached hydrogens (primary N) is 1. The molecule has 3 aromatic rings. The molecule has 0 bridgehead atoms. The van der Waals surface area contributed by atoms with Crippen LogP contribution in [0.3, 0.4) is 0 Å². The number of aryl methyl sites for hydroxylation is 1. The lowest BCUT2D eigenvalue weighted by atomic mass is 9.83. The van der Waals surface area contributed by atoms with Crippen LogP contribution in [0.2, 0.25) is 5.02 Å². The SMILES string of the molecule is Cc1nc(Cc2cc(Cl)c(F)c(C3(CN4CCN(CC5CC5)C4)CC3)c2CC(C)C)n2ccnc(N)c12. The molecule has 2 aromatic heterocycles. The topological polar surface area (TPSA) is 62.7 Å². The number of fused-ring (bicyclic) bond motifs is 1. The lowest BCUT2D eigenvalue weighted by Crippen LogP contribution is -2.34. The van der Waals surface area contributed by atoms with Crippen LogP contribution in [0.5, 0.6) is 0 Å².